The minimum absolute atomic E-state index is 0.358. The molecule has 0 aliphatic carbocycles. The van der Waals surface area contributed by atoms with E-state index in [-0.39, 0.29) is 0 Å². The van der Waals surface area contributed by atoms with E-state index in [1.165, 1.54) is 0 Å². The van der Waals surface area contributed by atoms with Crippen LogP contribution in [0.2, 0.25) is 0 Å². The molecule has 2 aromatic rings. The lowest BCUT2D eigenvalue weighted by Crippen LogP contribution is -2.36. The van der Waals surface area contributed by atoms with Gasteiger partial charge >= 0.3 is 0 Å². The number of nitrogens with one attached hydrogen (secondary N) is 2. The first-order valence-electron chi connectivity index (χ1n) is 8.81. The van der Waals surface area contributed by atoms with Crippen molar-refractivity contribution < 1.29 is 9.26 Å². The van der Waals surface area contributed by atoms with E-state index in [9.17, 15) is 0 Å². The van der Waals surface area contributed by atoms with Crippen LogP contribution in [-0.4, -0.2) is 24.3 Å². The molecule has 0 unspecified atom stereocenters. The van der Waals surface area contributed by atoms with E-state index in [4.69, 9.17) is 9.26 Å². The van der Waals surface area contributed by atoms with Crippen molar-refractivity contribution in [1.82, 2.24) is 15.8 Å². The van der Waals surface area contributed by atoms with Gasteiger partial charge in [-0.3, -0.25) is 0 Å². The quantitative estimate of drug-likeness (QED) is 0.567. The van der Waals surface area contributed by atoms with Gasteiger partial charge in [-0.25, -0.2) is 4.99 Å². The summed E-state index contributed by atoms with van der Waals surface area (Å²) in [7, 11) is 0. The first kappa shape index (κ1) is 18.8. The van der Waals surface area contributed by atoms with Gasteiger partial charge in [0, 0.05) is 12.6 Å². The number of nitrogens with zero attached hydrogens (tertiary/aromatic N) is 2. The molecule has 0 saturated heterocycles. The van der Waals surface area contributed by atoms with Crippen molar-refractivity contribution in [3.05, 3.63) is 47.3 Å². The van der Waals surface area contributed by atoms with Crippen LogP contribution in [0.25, 0.3) is 0 Å². The largest absolute Gasteiger partial charge is 0.494 e. The summed E-state index contributed by atoms with van der Waals surface area (Å²) in [4.78, 5) is 4.62. The fourth-order valence-corrected chi connectivity index (χ4v) is 2.27. The van der Waals surface area contributed by atoms with Crippen LogP contribution in [0, 0.1) is 0 Å². The smallest absolute Gasteiger partial charge is 0.191 e. The maximum absolute atomic E-state index is 5.53. The molecule has 0 fully saturated rings. The van der Waals surface area contributed by atoms with Gasteiger partial charge in [0.2, 0.25) is 0 Å². The number of guanidine groups is 1. The number of hydrogen-bond donors (Lipinski definition) is 2. The average molecular weight is 344 g/mol. The van der Waals surface area contributed by atoms with E-state index in [1.807, 2.05) is 44.2 Å². The van der Waals surface area contributed by atoms with Gasteiger partial charge in [0.25, 0.3) is 0 Å². The number of ether oxygens (including phenoxy) is 1. The zero-order valence-corrected chi connectivity index (χ0v) is 15.5. The van der Waals surface area contributed by atoms with Gasteiger partial charge in [-0.05, 0) is 37.5 Å². The Labute approximate surface area is 149 Å². The predicted molar refractivity (Wildman–Crippen MR) is 99.9 cm³/mol. The summed E-state index contributed by atoms with van der Waals surface area (Å²) in [5, 5.41) is 10.6. The van der Waals surface area contributed by atoms with Crippen molar-refractivity contribution >= 4 is 5.96 Å². The molecule has 6 heteroatoms. The first-order valence-corrected chi connectivity index (χ1v) is 8.81. The van der Waals surface area contributed by atoms with Crippen LogP contribution in [0.5, 0.6) is 5.75 Å². The molecule has 0 aliphatic heterocycles. The Hall–Kier alpha value is -2.50. The normalized spacial score (nSPS) is 11.6. The SMILES string of the molecule is CCNC(=NCc1cccc(OCC)c1)NCc1cc(C(C)C)no1. The van der Waals surface area contributed by atoms with Gasteiger partial charge in [0.05, 0.1) is 25.4 Å². The second-order valence-corrected chi connectivity index (χ2v) is 6.00. The second-order valence-electron chi connectivity index (χ2n) is 6.00. The molecule has 2 rings (SSSR count). The third kappa shape index (κ3) is 6.14. The molecule has 1 heterocycles. The van der Waals surface area contributed by atoms with E-state index in [2.05, 4.69) is 34.6 Å². The molecule has 1 aromatic carbocycles. The topological polar surface area (TPSA) is 71.7 Å². The standard InChI is InChI=1S/C19H28N4O2/c1-5-20-19(22-13-17-11-18(14(3)4)23-25-17)21-12-15-8-7-9-16(10-15)24-6-2/h7-11,14H,5-6,12-13H2,1-4H3,(H2,20,21,22). The molecular weight excluding hydrogens is 316 g/mol. The van der Waals surface area contributed by atoms with Crippen LogP contribution in [0.1, 0.15) is 50.6 Å². The second kappa shape index (κ2) is 9.71. The van der Waals surface area contributed by atoms with Crippen molar-refractivity contribution in [2.75, 3.05) is 13.2 Å². The lowest BCUT2D eigenvalue weighted by Gasteiger charge is -2.10. The molecule has 0 radical (unpaired) electrons. The highest BCUT2D eigenvalue weighted by Gasteiger charge is 2.08. The van der Waals surface area contributed by atoms with Gasteiger partial charge in [0.1, 0.15) is 5.75 Å². The van der Waals surface area contributed by atoms with E-state index in [0.29, 0.717) is 25.6 Å². The number of aliphatic imine (C=N–C) groups is 1. The summed E-state index contributed by atoms with van der Waals surface area (Å²) >= 11 is 0. The van der Waals surface area contributed by atoms with E-state index in [0.717, 1.165) is 35.3 Å². The Morgan fingerprint density at radius 2 is 2.08 bits per heavy atom. The van der Waals surface area contributed by atoms with Crippen LogP contribution >= 0.6 is 0 Å². The Morgan fingerprint density at radius 1 is 1.24 bits per heavy atom. The Bertz CT molecular complexity index is 680. The molecule has 6 nitrogen and oxygen atoms in total. The Balaban J connectivity index is 1.96. The lowest BCUT2D eigenvalue weighted by molar-refractivity contribution is 0.340. The van der Waals surface area contributed by atoms with Crippen LogP contribution < -0.4 is 15.4 Å². The number of hydrogen-bond acceptors (Lipinski definition) is 4. The van der Waals surface area contributed by atoms with Crippen molar-refractivity contribution in [3.8, 4) is 5.75 Å². The molecule has 25 heavy (non-hydrogen) atoms. The highest BCUT2D eigenvalue weighted by Crippen LogP contribution is 2.15. The zero-order valence-electron chi connectivity index (χ0n) is 15.5. The third-order valence-electron chi connectivity index (χ3n) is 3.57. The minimum atomic E-state index is 0.358. The maximum atomic E-state index is 5.53. The highest BCUT2D eigenvalue weighted by atomic mass is 16.5. The molecule has 0 bridgehead atoms. The lowest BCUT2D eigenvalue weighted by atomic mass is 10.1. The summed E-state index contributed by atoms with van der Waals surface area (Å²) in [6.45, 7) is 10.8. The first-order chi connectivity index (χ1) is 12.1. The maximum Gasteiger partial charge on any atom is 0.191 e. The molecule has 0 saturated carbocycles. The van der Waals surface area contributed by atoms with Crippen LogP contribution in [0.4, 0.5) is 0 Å². The van der Waals surface area contributed by atoms with Crippen LogP contribution in [-0.2, 0) is 13.1 Å². The molecule has 0 atom stereocenters. The Kier molecular flexibility index (Phi) is 7.32. The molecule has 2 N–H and O–H groups in total. The van der Waals surface area contributed by atoms with Crippen LogP contribution in [0.15, 0.2) is 39.8 Å². The van der Waals surface area contributed by atoms with Crippen molar-refractivity contribution in [1.29, 1.82) is 0 Å². The van der Waals surface area contributed by atoms with Crippen molar-refractivity contribution in [3.63, 3.8) is 0 Å². The summed E-state index contributed by atoms with van der Waals surface area (Å²) in [6.07, 6.45) is 0. The van der Waals surface area contributed by atoms with Gasteiger partial charge in [0.15, 0.2) is 11.7 Å². The minimum Gasteiger partial charge on any atom is -0.494 e. The summed E-state index contributed by atoms with van der Waals surface area (Å²) in [5.74, 6) is 2.77. The van der Waals surface area contributed by atoms with Gasteiger partial charge < -0.3 is 19.9 Å². The number of benzene rings is 1. The summed E-state index contributed by atoms with van der Waals surface area (Å²) in [6, 6.07) is 9.98. The van der Waals surface area contributed by atoms with Gasteiger partial charge in [-0.15, -0.1) is 0 Å². The fourth-order valence-electron chi connectivity index (χ4n) is 2.27. The van der Waals surface area contributed by atoms with Gasteiger partial charge in [-0.1, -0.05) is 31.1 Å². The molecular formula is C19H28N4O2. The molecule has 0 spiro atoms. The average Bonchev–Trinajstić information content (AvgIpc) is 3.07. The molecule has 136 valence electrons. The highest BCUT2D eigenvalue weighted by molar-refractivity contribution is 5.79. The van der Waals surface area contributed by atoms with E-state index < -0.39 is 0 Å². The van der Waals surface area contributed by atoms with E-state index >= 15 is 0 Å². The fraction of sp³-hybridized carbons (Fsp3) is 0.474. The Morgan fingerprint density at radius 3 is 2.76 bits per heavy atom. The van der Waals surface area contributed by atoms with Gasteiger partial charge in [-0.2, -0.15) is 0 Å². The van der Waals surface area contributed by atoms with Crippen molar-refractivity contribution in [2.45, 2.75) is 46.7 Å². The van der Waals surface area contributed by atoms with E-state index in [1.54, 1.807) is 0 Å². The number of rotatable bonds is 8. The predicted octanol–water partition coefficient (Wildman–Crippen LogP) is 3.45. The summed E-state index contributed by atoms with van der Waals surface area (Å²) in [5.41, 5.74) is 2.07. The molecule has 0 amide bonds. The van der Waals surface area contributed by atoms with Crippen LogP contribution in [0.3, 0.4) is 0 Å². The summed E-state index contributed by atoms with van der Waals surface area (Å²) < 4.78 is 10.9. The molecule has 0 aliphatic rings. The molecule has 1 aromatic heterocycles. The zero-order chi connectivity index (χ0) is 18.1. The monoisotopic (exact) mass is 344 g/mol. The third-order valence-corrected chi connectivity index (χ3v) is 3.57. The number of aromatic nitrogens is 1. The van der Waals surface area contributed by atoms with Crippen molar-refractivity contribution in [2.24, 2.45) is 4.99 Å².